The smallest absolute Gasteiger partial charge is 0.255 e. The molecule has 7 nitrogen and oxygen atoms in total. The van der Waals surface area contributed by atoms with Crippen LogP contribution in [0.5, 0.6) is 0 Å². The minimum atomic E-state index is -0.125. The lowest BCUT2D eigenvalue weighted by Crippen LogP contribution is -2.48. The summed E-state index contributed by atoms with van der Waals surface area (Å²) in [6.07, 6.45) is 3.70. The average molecular weight is 381 g/mol. The highest BCUT2D eigenvalue weighted by Gasteiger charge is 2.45. The van der Waals surface area contributed by atoms with Crippen LogP contribution in [-0.2, 0) is 16.6 Å². The quantitative estimate of drug-likeness (QED) is 0.843. The third-order valence-electron chi connectivity index (χ3n) is 5.86. The molecule has 148 valence electrons. The maximum absolute atomic E-state index is 12.5. The van der Waals surface area contributed by atoms with E-state index in [1.165, 1.54) is 0 Å². The fraction of sp³-hybridized carbons (Fsp3) is 0.476. The zero-order valence-corrected chi connectivity index (χ0v) is 16.5. The fourth-order valence-electron chi connectivity index (χ4n) is 4.54. The molecular weight excluding hydrogens is 354 g/mol. The molecule has 1 unspecified atom stereocenters. The topological polar surface area (TPSA) is 81.3 Å². The molecule has 0 bridgehead atoms. The van der Waals surface area contributed by atoms with Crippen LogP contribution in [-0.4, -0.2) is 54.5 Å². The summed E-state index contributed by atoms with van der Waals surface area (Å²) in [5.74, 6) is 0.596. The van der Waals surface area contributed by atoms with Gasteiger partial charge in [0.25, 0.3) is 5.56 Å². The molecule has 1 fully saturated rings. The van der Waals surface area contributed by atoms with Crippen molar-refractivity contribution in [1.82, 2.24) is 14.9 Å². The standard InChI is InChI=1S/C21H27N5O2/c1-25(2)20-23-18-16(19(28)24-20)9-11-21(18)10-6-12-26(14-21)13-17(27)22-15-7-4-3-5-8-15/h3-5,7-8H,6,9-14H2,1-2H3,(H,22,27)(H,23,24,28). The second-order valence-electron chi connectivity index (χ2n) is 8.12. The number of anilines is 2. The predicted octanol–water partition coefficient (Wildman–Crippen LogP) is 1.75. The maximum atomic E-state index is 12.5. The van der Waals surface area contributed by atoms with Gasteiger partial charge in [-0.25, -0.2) is 4.98 Å². The number of nitrogens with zero attached hydrogens (tertiary/aromatic N) is 3. The molecule has 28 heavy (non-hydrogen) atoms. The van der Waals surface area contributed by atoms with E-state index in [9.17, 15) is 9.59 Å². The largest absolute Gasteiger partial charge is 0.348 e. The highest BCUT2D eigenvalue weighted by Crippen LogP contribution is 2.43. The molecule has 1 aromatic heterocycles. The Balaban J connectivity index is 1.52. The van der Waals surface area contributed by atoms with Gasteiger partial charge in [0.15, 0.2) is 0 Å². The van der Waals surface area contributed by atoms with E-state index >= 15 is 0 Å². The lowest BCUT2D eigenvalue weighted by atomic mass is 9.77. The summed E-state index contributed by atoms with van der Waals surface area (Å²) in [5.41, 5.74) is 2.42. The van der Waals surface area contributed by atoms with E-state index in [-0.39, 0.29) is 16.9 Å². The molecule has 1 spiro atoms. The molecule has 0 radical (unpaired) electrons. The first kappa shape index (κ1) is 18.7. The number of carbonyl (C=O) groups is 1. The Morgan fingerprint density at radius 2 is 2.07 bits per heavy atom. The molecule has 1 aliphatic carbocycles. The van der Waals surface area contributed by atoms with Gasteiger partial charge >= 0.3 is 0 Å². The summed E-state index contributed by atoms with van der Waals surface area (Å²) in [6, 6.07) is 9.53. The van der Waals surface area contributed by atoms with E-state index in [0.717, 1.165) is 55.7 Å². The average Bonchev–Trinajstić information content (AvgIpc) is 3.01. The van der Waals surface area contributed by atoms with Gasteiger partial charge in [-0.15, -0.1) is 0 Å². The number of rotatable bonds is 4. The van der Waals surface area contributed by atoms with Crippen molar-refractivity contribution >= 4 is 17.5 Å². The summed E-state index contributed by atoms with van der Waals surface area (Å²) >= 11 is 0. The first-order valence-electron chi connectivity index (χ1n) is 9.85. The van der Waals surface area contributed by atoms with Crippen LogP contribution in [0.3, 0.4) is 0 Å². The summed E-state index contributed by atoms with van der Waals surface area (Å²) in [5, 5.41) is 2.96. The van der Waals surface area contributed by atoms with Gasteiger partial charge in [-0.05, 0) is 44.4 Å². The van der Waals surface area contributed by atoms with Crippen molar-refractivity contribution in [2.24, 2.45) is 0 Å². The molecule has 1 atom stereocenters. The molecule has 1 saturated heterocycles. The second-order valence-corrected chi connectivity index (χ2v) is 8.12. The summed E-state index contributed by atoms with van der Waals surface area (Å²) < 4.78 is 0. The fourth-order valence-corrected chi connectivity index (χ4v) is 4.54. The molecule has 2 heterocycles. The molecule has 1 aliphatic heterocycles. The van der Waals surface area contributed by atoms with Crippen molar-refractivity contribution in [3.63, 3.8) is 0 Å². The van der Waals surface area contributed by atoms with E-state index in [0.29, 0.717) is 12.5 Å². The maximum Gasteiger partial charge on any atom is 0.255 e. The van der Waals surface area contributed by atoms with E-state index in [1.807, 2.05) is 49.3 Å². The van der Waals surface area contributed by atoms with E-state index in [4.69, 9.17) is 4.98 Å². The van der Waals surface area contributed by atoms with Crippen molar-refractivity contribution in [3.05, 3.63) is 51.9 Å². The Hall–Kier alpha value is -2.67. The van der Waals surface area contributed by atoms with Crippen molar-refractivity contribution in [3.8, 4) is 0 Å². The second kappa shape index (κ2) is 7.39. The Morgan fingerprint density at radius 3 is 2.82 bits per heavy atom. The van der Waals surface area contributed by atoms with Gasteiger partial charge < -0.3 is 10.2 Å². The minimum Gasteiger partial charge on any atom is -0.348 e. The van der Waals surface area contributed by atoms with Gasteiger partial charge in [-0.2, -0.15) is 0 Å². The number of nitrogens with one attached hydrogen (secondary N) is 2. The van der Waals surface area contributed by atoms with Gasteiger partial charge in [0.2, 0.25) is 11.9 Å². The van der Waals surface area contributed by atoms with Crippen molar-refractivity contribution in [2.45, 2.75) is 31.1 Å². The molecule has 7 heteroatoms. The summed E-state index contributed by atoms with van der Waals surface area (Å²) in [7, 11) is 3.76. The zero-order chi connectivity index (χ0) is 19.7. The number of aromatic amines is 1. The molecule has 1 amide bonds. The monoisotopic (exact) mass is 381 g/mol. The van der Waals surface area contributed by atoms with Crippen LogP contribution < -0.4 is 15.8 Å². The highest BCUT2D eigenvalue weighted by atomic mass is 16.2. The minimum absolute atomic E-state index is 0.00526. The Kier molecular flexibility index (Phi) is 4.93. The molecule has 2 N–H and O–H groups in total. The van der Waals surface area contributed by atoms with Crippen molar-refractivity contribution < 1.29 is 4.79 Å². The third kappa shape index (κ3) is 3.54. The number of para-hydroxylation sites is 1. The van der Waals surface area contributed by atoms with Crippen LogP contribution in [0.2, 0.25) is 0 Å². The van der Waals surface area contributed by atoms with Crippen molar-refractivity contribution in [2.75, 3.05) is 43.9 Å². The lowest BCUT2D eigenvalue weighted by Gasteiger charge is -2.40. The van der Waals surface area contributed by atoms with E-state index in [1.54, 1.807) is 0 Å². The van der Waals surface area contributed by atoms with Gasteiger partial charge in [0.1, 0.15) is 0 Å². The normalized spacial score (nSPS) is 21.5. The first-order chi connectivity index (χ1) is 13.5. The number of benzene rings is 1. The number of carbonyl (C=O) groups excluding carboxylic acids is 1. The molecule has 4 rings (SSSR count). The third-order valence-corrected chi connectivity index (χ3v) is 5.86. The van der Waals surface area contributed by atoms with E-state index < -0.39 is 0 Å². The van der Waals surface area contributed by atoms with Crippen molar-refractivity contribution in [1.29, 1.82) is 0 Å². The Bertz CT molecular complexity index is 924. The SMILES string of the molecule is CN(C)c1nc2c(c(=O)[nH]1)CCC21CCCN(CC(=O)Nc2ccccc2)C1. The number of piperidine rings is 1. The molecule has 0 saturated carbocycles. The summed E-state index contributed by atoms with van der Waals surface area (Å²) in [4.78, 5) is 36.8. The van der Waals surface area contributed by atoms with Gasteiger partial charge in [0, 0.05) is 37.3 Å². The number of fused-ring (bicyclic) bond motifs is 2. The molecule has 2 aliphatic rings. The van der Waals surface area contributed by atoms with Crippen LogP contribution in [0, 0.1) is 0 Å². The van der Waals surface area contributed by atoms with E-state index in [2.05, 4.69) is 15.2 Å². The number of aromatic nitrogens is 2. The van der Waals surface area contributed by atoms with Gasteiger partial charge in [0.05, 0.1) is 12.2 Å². The van der Waals surface area contributed by atoms with Crippen LogP contribution in [0.4, 0.5) is 11.6 Å². The Morgan fingerprint density at radius 1 is 1.29 bits per heavy atom. The first-order valence-corrected chi connectivity index (χ1v) is 9.85. The van der Waals surface area contributed by atoms with Gasteiger partial charge in [-0.3, -0.25) is 19.5 Å². The van der Waals surface area contributed by atoms with Crippen LogP contribution in [0.1, 0.15) is 30.5 Å². The van der Waals surface area contributed by atoms with Crippen LogP contribution in [0.15, 0.2) is 35.1 Å². The molecule has 2 aromatic rings. The Labute approximate surface area is 164 Å². The summed E-state index contributed by atoms with van der Waals surface area (Å²) in [6.45, 7) is 2.02. The van der Waals surface area contributed by atoms with Crippen LogP contribution >= 0.6 is 0 Å². The number of hydrogen-bond acceptors (Lipinski definition) is 5. The zero-order valence-electron chi connectivity index (χ0n) is 16.5. The van der Waals surface area contributed by atoms with Gasteiger partial charge in [-0.1, -0.05) is 18.2 Å². The molecular formula is C21H27N5O2. The van der Waals surface area contributed by atoms with Crippen LogP contribution in [0.25, 0.3) is 0 Å². The number of likely N-dealkylation sites (tertiary alicyclic amines) is 1. The number of amides is 1. The number of H-pyrrole nitrogens is 1. The predicted molar refractivity (Wildman–Crippen MR) is 110 cm³/mol. The number of hydrogen-bond donors (Lipinski definition) is 2. The lowest BCUT2D eigenvalue weighted by molar-refractivity contribution is -0.117. The molecule has 1 aromatic carbocycles. The highest BCUT2D eigenvalue weighted by molar-refractivity contribution is 5.92.